The highest BCUT2D eigenvalue weighted by Gasteiger charge is 2.47. The fraction of sp³-hybridized carbons (Fsp3) is 0.576. The van der Waals surface area contributed by atoms with Gasteiger partial charge in [0, 0.05) is 18.6 Å². The highest BCUT2D eigenvalue weighted by molar-refractivity contribution is 14.1. The highest BCUT2D eigenvalue weighted by atomic mass is 127. The fourth-order valence-electron chi connectivity index (χ4n) is 6.08. The molecule has 2 bridgehead atoms. The SMILES string of the molecule is CC(=O)/N=C1\[C@H](C)C[C@]2(C)C[C@@H](I)C(=O)[C@@H](C)C(=O)O[C@H](I)[C@@](C)(O)[C@H](CC/C(=C\C=C\c3ccccc3)CO2)[C@H]1C. The Kier molecular flexibility index (Phi) is 12.5. The number of alkyl halides is 2. The van der Waals surface area contributed by atoms with Crippen LogP contribution < -0.4 is 0 Å². The summed E-state index contributed by atoms with van der Waals surface area (Å²) in [5, 5.41) is 12.0. The molecule has 0 aliphatic carbocycles. The topological polar surface area (TPSA) is 102 Å². The van der Waals surface area contributed by atoms with Crippen LogP contribution in [0.1, 0.15) is 72.8 Å². The third-order valence-electron chi connectivity index (χ3n) is 8.53. The number of hydrogen-bond donors (Lipinski definition) is 1. The van der Waals surface area contributed by atoms with Crippen molar-refractivity contribution in [2.75, 3.05) is 6.61 Å². The Morgan fingerprint density at radius 1 is 1.10 bits per heavy atom. The zero-order valence-corrected chi connectivity index (χ0v) is 29.6. The molecule has 7 nitrogen and oxygen atoms in total. The predicted molar refractivity (Wildman–Crippen MR) is 183 cm³/mol. The monoisotopic (exact) mass is 803 g/mol. The summed E-state index contributed by atoms with van der Waals surface area (Å²) in [5.41, 5.74) is 0.589. The molecule has 0 saturated carbocycles. The highest BCUT2D eigenvalue weighted by Crippen LogP contribution is 2.42. The Labute approximate surface area is 277 Å². The molecule has 42 heavy (non-hydrogen) atoms. The van der Waals surface area contributed by atoms with Crippen molar-refractivity contribution in [1.29, 1.82) is 0 Å². The number of Topliss-reactive ketones (excluding diaryl/α,β-unsaturated/α-hetero) is 1. The summed E-state index contributed by atoms with van der Waals surface area (Å²) < 4.78 is 11.0. The second-order valence-corrected chi connectivity index (χ2v) is 14.8. The lowest BCUT2D eigenvalue weighted by Crippen LogP contribution is -2.51. The minimum Gasteiger partial charge on any atom is -0.448 e. The van der Waals surface area contributed by atoms with Gasteiger partial charge in [0.25, 0.3) is 0 Å². The van der Waals surface area contributed by atoms with E-state index in [1.807, 2.05) is 85.8 Å². The summed E-state index contributed by atoms with van der Waals surface area (Å²) in [6.07, 6.45) is 8.17. The molecule has 8 atom stereocenters. The third kappa shape index (κ3) is 9.04. The number of cyclic esters (lactones) is 1. The number of allylic oxidation sites excluding steroid dienone is 2. The average molecular weight is 804 g/mol. The van der Waals surface area contributed by atoms with Crippen LogP contribution in [0.5, 0.6) is 0 Å². The van der Waals surface area contributed by atoms with Crippen molar-refractivity contribution >= 4 is 74.6 Å². The fourth-order valence-corrected chi connectivity index (χ4v) is 8.26. The first-order chi connectivity index (χ1) is 19.6. The number of aliphatic imine (C=N–C) groups is 1. The van der Waals surface area contributed by atoms with Gasteiger partial charge < -0.3 is 14.6 Å². The van der Waals surface area contributed by atoms with E-state index in [2.05, 4.69) is 33.7 Å². The number of aliphatic hydroxyl groups is 1. The Balaban J connectivity index is 2.18. The van der Waals surface area contributed by atoms with E-state index in [0.29, 0.717) is 38.0 Å². The number of ketones is 1. The predicted octanol–water partition coefficient (Wildman–Crippen LogP) is 6.93. The summed E-state index contributed by atoms with van der Waals surface area (Å²) in [6, 6.07) is 10.0. The van der Waals surface area contributed by atoms with Crippen LogP contribution in [0.3, 0.4) is 0 Å². The van der Waals surface area contributed by atoms with E-state index < -0.39 is 37.0 Å². The maximum absolute atomic E-state index is 13.4. The van der Waals surface area contributed by atoms with Gasteiger partial charge in [-0.25, -0.2) is 4.99 Å². The van der Waals surface area contributed by atoms with Crippen LogP contribution in [0.15, 0.2) is 53.0 Å². The van der Waals surface area contributed by atoms with E-state index in [0.717, 1.165) is 11.1 Å². The average Bonchev–Trinajstić information content (AvgIpc) is 2.93. The lowest BCUT2D eigenvalue weighted by Gasteiger charge is -2.42. The number of benzene rings is 1. The minimum atomic E-state index is -1.48. The number of ether oxygens (including phenoxy) is 2. The molecule has 0 unspecified atom stereocenters. The summed E-state index contributed by atoms with van der Waals surface area (Å²) in [6.45, 7) is 11.0. The van der Waals surface area contributed by atoms with Crippen molar-refractivity contribution in [3.63, 3.8) is 0 Å². The van der Waals surface area contributed by atoms with Crippen LogP contribution >= 0.6 is 45.2 Å². The van der Waals surface area contributed by atoms with Gasteiger partial charge in [0.05, 0.1) is 16.1 Å². The quantitative estimate of drug-likeness (QED) is 0.151. The molecule has 2 heterocycles. The van der Waals surface area contributed by atoms with Gasteiger partial charge in [-0.05, 0) is 92.0 Å². The maximum atomic E-state index is 13.4. The first-order valence-corrected chi connectivity index (χ1v) is 17.0. The Morgan fingerprint density at radius 3 is 2.40 bits per heavy atom. The molecule has 2 aliphatic heterocycles. The van der Waals surface area contributed by atoms with Crippen molar-refractivity contribution in [1.82, 2.24) is 0 Å². The summed E-state index contributed by atoms with van der Waals surface area (Å²) in [7, 11) is 0. The second kappa shape index (κ2) is 15.0. The van der Waals surface area contributed by atoms with E-state index in [9.17, 15) is 19.5 Å². The molecule has 0 radical (unpaired) electrons. The smallest absolute Gasteiger partial charge is 0.317 e. The largest absolute Gasteiger partial charge is 0.448 e. The van der Waals surface area contributed by atoms with Crippen LogP contribution in [0.25, 0.3) is 6.08 Å². The molecule has 2 fully saturated rings. The molecule has 2 saturated heterocycles. The standard InChI is InChI=1S/C33H43I2NO6/c1-20-17-32(5)18-27(34)29(38)22(3)30(39)42-31(35)33(6,40)26(21(2)28(20)36-23(4)37)16-15-25(19-41-32)14-10-13-24-11-8-7-9-12-24/h7-14,20-22,26-27,31,40H,15-19H2,1-6H3/b13-10+,25-14+,36-28+/t20-,21-,22-,26-,27-,31+,32-,33+/m1/s1. The van der Waals surface area contributed by atoms with Gasteiger partial charge in [-0.1, -0.05) is 85.0 Å². The van der Waals surface area contributed by atoms with E-state index in [-0.39, 0.29) is 23.5 Å². The Morgan fingerprint density at radius 2 is 1.76 bits per heavy atom. The van der Waals surface area contributed by atoms with Crippen LogP contribution in [-0.4, -0.2) is 54.3 Å². The van der Waals surface area contributed by atoms with Crippen molar-refractivity contribution in [3.8, 4) is 0 Å². The summed E-state index contributed by atoms with van der Waals surface area (Å²) in [4.78, 5) is 43.3. The molecule has 1 aromatic carbocycles. The zero-order valence-electron chi connectivity index (χ0n) is 25.3. The molecule has 1 N–H and O–H groups in total. The molecule has 230 valence electrons. The maximum Gasteiger partial charge on any atom is 0.317 e. The van der Waals surface area contributed by atoms with Gasteiger partial charge in [0.15, 0.2) is 9.89 Å². The Bertz CT molecular complexity index is 1230. The minimum absolute atomic E-state index is 0.162. The molecular weight excluding hydrogens is 760 g/mol. The van der Waals surface area contributed by atoms with E-state index in [1.54, 1.807) is 13.8 Å². The Hall–Kier alpha value is -1.44. The van der Waals surface area contributed by atoms with E-state index in [4.69, 9.17) is 9.47 Å². The zero-order chi connectivity index (χ0) is 31.2. The number of hydrogen-bond acceptors (Lipinski definition) is 6. The van der Waals surface area contributed by atoms with Crippen molar-refractivity contribution in [2.24, 2.45) is 28.7 Å². The van der Waals surface area contributed by atoms with Gasteiger partial charge in [0.1, 0.15) is 11.5 Å². The molecule has 3 rings (SSSR count). The van der Waals surface area contributed by atoms with Crippen molar-refractivity contribution in [2.45, 2.75) is 86.5 Å². The van der Waals surface area contributed by atoms with Crippen LogP contribution in [0.2, 0.25) is 0 Å². The lowest BCUT2D eigenvalue weighted by atomic mass is 9.71. The number of carbonyl (C=O) groups excluding carboxylic acids is 3. The normalized spacial score (nSPS) is 37.6. The number of fused-ring (bicyclic) bond motifs is 5. The third-order valence-corrected chi connectivity index (χ3v) is 11.1. The number of amides is 1. The molecule has 0 aromatic heterocycles. The molecule has 1 aromatic rings. The van der Waals surface area contributed by atoms with Gasteiger partial charge >= 0.3 is 5.97 Å². The van der Waals surface area contributed by atoms with Gasteiger partial charge in [-0.3, -0.25) is 14.4 Å². The number of nitrogens with zero attached hydrogens (tertiary/aromatic N) is 1. The second-order valence-electron chi connectivity index (χ2n) is 12.2. The number of rotatable bonds is 2. The van der Waals surface area contributed by atoms with Crippen LogP contribution in [-0.2, 0) is 23.9 Å². The van der Waals surface area contributed by atoms with E-state index >= 15 is 0 Å². The van der Waals surface area contributed by atoms with Gasteiger partial charge in [-0.15, -0.1) is 0 Å². The van der Waals surface area contributed by atoms with Gasteiger partial charge in [-0.2, -0.15) is 0 Å². The number of halogens is 2. The summed E-state index contributed by atoms with van der Waals surface area (Å²) >= 11 is 4.05. The lowest BCUT2D eigenvalue weighted by molar-refractivity contribution is -0.163. The van der Waals surface area contributed by atoms with Gasteiger partial charge in [0.2, 0.25) is 5.91 Å². The first kappa shape index (κ1) is 35.0. The van der Waals surface area contributed by atoms with Crippen LogP contribution in [0.4, 0.5) is 0 Å². The molecule has 0 spiro atoms. The molecule has 1 amide bonds. The molecular formula is C33H43I2NO6. The molecule has 9 heteroatoms. The number of esters is 1. The molecule has 2 aliphatic rings. The van der Waals surface area contributed by atoms with Crippen molar-refractivity contribution < 1.29 is 29.0 Å². The first-order valence-electron chi connectivity index (χ1n) is 14.5. The van der Waals surface area contributed by atoms with E-state index in [1.165, 1.54) is 6.92 Å². The van der Waals surface area contributed by atoms with Crippen molar-refractivity contribution in [3.05, 3.63) is 53.6 Å². The summed E-state index contributed by atoms with van der Waals surface area (Å²) in [5.74, 6) is -3.03. The van der Waals surface area contributed by atoms with Crippen LogP contribution in [0, 0.1) is 23.7 Å². The number of carbonyl (C=O) groups is 3.